The molecule has 0 fully saturated rings. The zero-order valence-electron chi connectivity index (χ0n) is 5.67. The lowest BCUT2D eigenvalue weighted by molar-refractivity contribution is 0.900. The van der Waals surface area contributed by atoms with Gasteiger partial charge in [-0.2, -0.15) is 0 Å². The molecule has 1 N–H and O–H groups in total. The number of rotatable bonds is 0. The summed E-state index contributed by atoms with van der Waals surface area (Å²) in [5.74, 6) is 0. The van der Waals surface area contributed by atoms with Gasteiger partial charge in [0.1, 0.15) is 0 Å². The van der Waals surface area contributed by atoms with Crippen molar-refractivity contribution in [2.45, 2.75) is 12.8 Å². The van der Waals surface area contributed by atoms with E-state index in [9.17, 15) is 0 Å². The van der Waals surface area contributed by atoms with Gasteiger partial charge < -0.3 is 5.32 Å². The molecule has 0 aliphatic carbocycles. The first-order valence-electron chi connectivity index (χ1n) is 3.48. The Bertz CT molecular complexity index is 207. The number of hydrogen-bond donors (Lipinski definition) is 1. The van der Waals surface area contributed by atoms with Crippen LogP contribution in [0, 0.1) is 6.54 Å². The van der Waals surface area contributed by atoms with Gasteiger partial charge in [-0.1, -0.05) is 0 Å². The second kappa shape index (κ2) is 2.29. The molecular weight excluding hydrogens is 124 g/mol. The number of nitrogens with zero attached hydrogens (tertiary/aromatic N) is 1. The average molecular weight is 133 g/mol. The lowest BCUT2D eigenvalue weighted by atomic mass is 10.1. The Morgan fingerprint density at radius 3 is 3.40 bits per heavy atom. The van der Waals surface area contributed by atoms with Crippen LogP contribution in [0.2, 0.25) is 0 Å². The highest BCUT2D eigenvalue weighted by molar-refractivity contribution is 5.52. The van der Waals surface area contributed by atoms with E-state index < -0.39 is 0 Å². The maximum Gasteiger partial charge on any atom is 0.0466 e. The summed E-state index contributed by atoms with van der Waals surface area (Å²) in [5, 5.41) is 3.20. The van der Waals surface area contributed by atoms with Crippen LogP contribution in [0.25, 0.3) is 0 Å². The second-order valence-corrected chi connectivity index (χ2v) is 2.42. The van der Waals surface area contributed by atoms with Crippen molar-refractivity contribution in [3.8, 4) is 0 Å². The highest BCUT2D eigenvalue weighted by Gasteiger charge is 2.06. The van der Waals surface area contributed by atoms with Crippen molar-refractivity contribution >= 4 is 5.69 Å². The summed E-state index contributed by atoms with van der Waals surface area (Å²) in [5.41, 5.74) is 2.53. The fraction of sp³-hybridized carbons (Fsp3) is 0.250. The van der Waals surface area contributed by atoms with Gasteiger partial charge >= 0.3 is 0 Å². The van der Waals surface area contributed by atoms with E-state index in [0.717, 1.165) is 12.8 Å². The van der Waals surface area contributed by atoms with Gasteiger partial charge in [0.15, 0.2) is 0 Å². The highest BCUT2D eigenvalue weighted by atomic mass is 14.9. The van der Waals surface area contributed by atoms with Crippen LogP contribution in [0.4, 0.5) is 5.69 Å². The van der Waals surface area contributed by atoms with Crippen LogP contribution in [0.1, 0.15) is 12.0 Å². The molecule has 51 valence electrons. The van der Waals surface area contributed by atoms with E-state index in [1.54, 1.807) is 0 Å². The largest absolute Gasteiger partial charge is 0.380 e. The van der Waals surface area contributed by atoms with Crippen molar-refractivity contribution in [3.05, 3.63) is 30.6 Å². The number of hydrogen-bond acceptors (Lipinski definition) is 2. The quantitative estimate of drug-likeness (QED) is 0.581. The lowest BCUT2D eigenvalue weighted by Crippen LogP contribution is -2.06. The fourth-order valence-corrected chi connectivity index (χ4v) is 1.18. The Labute approximate surface area is 60.3 Å². The molecule has 2 heterocycles. The van der Waals surface area contributed by atoms with E-state index in [1.807, 2.05) is 18.5 Å². The molecule has 2 heteroatoms. The monoisotopic (exact) mass is 133 g/mol. The van der Waals surface area contributed by atoms with Gasteiger partial charge in [-0.15, -0.1) is 0 Å². The van der Waals surface area contributed by atoms with Crippen LogP contribution in [0.3, 0.4) is 0 Å². The maximum absolute atomic E-state index is 4.04. The van der Waals surface area contributed by atoms with Crippen molar-refractivity contribution in [2.75, 3.05) is 5.32 Å². The zero-order chi connectivity index (χ0) is 6.81. The zero-order valence-corrected chi connectivity index (χ0v) is 5.67. The minimum absolute atomic E-state index is 1.11. The van der Waals surface area contributed by atoms with Crippen molar-refractivity contribution in [1.82, 2.24) is 4.98 Å². The van der Waals surface area contributed by atoms with Crippen LogP contribution in [0.5, 0.6) is 0 Å². The molecule has 1 aliphatic heterocycles. The molecule has 0 bridgehead atoms. The van der Waals surface area contributed by atoms with E-state index in [0.29, 0.717) is 0 Å². The van der Waals surface area contributed by atoms with Crippen molar-refractivity contribution < 1.29 is 0 Å². The average Bonchev–Trinajstić information content (AvgIpc) is 2.05. The Balaban J connectivity index is 2.41. The molecular formula is C8H9N2. The summed E-state index contributed by atoms with van der Waals surface area (Å²) >= 11 is 0. The van der Waals surface area contributed by atoms with Crippen LogP contribution in [-0.4, -0.2) is 4.98 Å². The smallest absolute Gasteiger partial charge is 0.0466 e. The molecule has 1 radical (unpaired) electrons. The number of pyridine rings is 1. The SMILES string of the molecule is [CH]1CCc2cnccc2N1. The summed E-state index contributed by atoms with van der Waals surface area (Å²) in [6.45, 7) is 2.09. The molecule has 1 aliphatic rings. The van der Waals surface area contributed by atoms with Crippen LogP contribution >= 0.6 is 0 Å². The Kier molecular flexibility index (Phi) is 1.31. The minimum atomic E-state index is 1.11. The minimum Gasteiger partial charge on any atom is -0.380 e. The summed E-state index contributed by atoms with van der Waals surface area (Å²) in [4.78, 5) is 4.04. The molecule has 2 nitrogen and oxygen atoms in total. The van der Waals surface area contributed by atoms with Crippen molar-refractivity contribution in [1.29, 1.82) is 0 Å². The Morgan fingerprint density at radius 2 is 2.50 bits per heavy atom. The fourth-order valence-electron chi connectivity index (χ4n) is 1.18. The lowest BCUT2D eigenvalue weighted by Gasteiger charge is -2.15. The molecule has 10 heavy (non-hydrogen) atoms. The molecule has 0 atom stereocenters. The first kappa shape index (κ1) is 5.71. The van der Waals surface area contributed by atoms with Crippen molar-refractivity contribution in [2.24, 2.45) is 0 Å². The predicted molar refractivity (Wildman–Crippen MR) is 40.5 cm³/mol. The van der Waals surface area contributed by atoms with E-state index in [1.165, 1.54) is 11.3 Å². The second-order valence-electron chi connectivity index (χ2n) is 2.42. The Morgan fingerprint density at radius 1 is 1.50 bits per heavy atom. The van der Waals surface area contributed by atoms with E-state index in [4.69, 9.17) is 0 Å². The number of aryl methyl sites for hydroxylation is 1. The molecule has 1 aromatic heterocycles. The molecule has 0 spiro atoms. The molecule has 1 aromatic rings. The molecule has 0 saturated heterocycles. The summed E-state index contributed by atoms with van der Waals surface area (Å²) in [7, 11) is 0. The third kappa shape index (κ3) is 0.856. The first-order valence-corrected chi connectivity index (χ1v) is 3.48. The van der Waals surface area contributed by atoms with Gasteiger partial charge in [0.05, 0.1) is 0 Å². The molecule has 0 amide bonds. The van der Waals surface area contributed by atoms with Crippen molar-refractivity contribution in [3.63, 3.8) is 0 Å². The number of nitrogens with one attached hydrogen (secondary N) is 1. The van der Waals surface area contributed by atoms with Gasteiger partial charge in [-0.25, -0.2) is 0 Å². The van der Waals surface area contributed by atoms with E-state index in [2.05, 4.69) is 16.8 Å². The molecule has 0 saturated carbocycles. The van der Waals surface area contributed by atoms with Gasteiger partial charge in [0.2, 0.25) is 0 Å². The number of fused-ring (bicyclic) bond motifs is 1. The van der Waals surface area contributed by atoms with Gasteiger partial charge in [-0.3, -0.25) is 4.98 Å². The van der Waals surface area contributed by atoms with Gasteiger partial charge in [-0.05, 0) is 24.5 Å². The van der Waals surface area contributed by atoms with E-state index >= 15 is 0 Å². The first-order chi connectivity index (χ1) is 4.97. The highest BCUT2D eigenvalue weighted by Crippen LogP contribution is 2.20. The van der Waals surface area contributed by atoms with Gasteiger partial charge in [0, 0.05) is 24.6 Å². The third-order valence-corrected chi connectivity index (χ3v) is 1.72. The van der Waals surface area contributed by atoms with Crippen LogP contribution in [0.15, 0.2) is 18.5 Å². The summed E-state index contributed by atoms with van der Waals surface area (Å²) < 4.78 is 0. The standard InChI is InChI=1S/C8H9N2/c1-2-7-6-9-5-3-8(7)10-4-1/h3-6,10H,1-2H2. The number of anilines is 1. The Hall–Kier alpha value is -1.05. The van der Waals surface area contributed by atoms with Gasteiger partial charge in [0.25, 0.3) is 0 Å². The van der Waals surface area contributed by atoms with E-state index in [-0.39, 0.29) is 0 Å². The van der Waals surface area contributed by atoms with Crippen LogP contribution in [-0.2, 0) is 6.42 Å². The normalized spacial score (nSPS) is 15.6. The molecule has 0 aromatic carbocycles. The number of aromatic nitrogens is 1. The summed E-state index contributed by atoms with van der Waals surface area (Å²) in [6, 6.07) is 2.00. The predicted octanol–water partition coefficient (Wildman–Crippen LogP) is 1.60. The maximum atomic E-state index is 4.04. The molecule has 2 rings (SSSR count). The van der Waals surface area contributed by atoms with Crippen LogP contribution < -0.4 is 5.32 Å². The molecule has 0 unspecified atom stereocenters. The summed E-state index contributed by atoms with van der Waals surface area (Å²) in [6.07, 6.45) is 5.97. The third-order valence-electron chi connectivity index (χ3n) is 1.72. The topological polar surface area (TPSA) is 24.9 Å².